The molecule has 0 spiro atoms. The van der Waals surface area contributed by atoms with Gasteiger partial charge in [-0.15, -0.1) is 0 Å². The quantitative estimate of drug-likeness (QED) is 0.725. The lowest BCUT2D eigenvalue weighted by Crippen LogP contribution is -2.04. The molecule has 1 rings (SSSR count). The van der Waals surface area contributed by atoms with E-state index < -0.39 is 10.1 Å². The molecule has 0 aliphatic carbocycles. The second kappa shape index (κ2) is 5.97. The summed E-state index contributed by atoms with van der Waals surface area (Å²) in [5.41, 5.74) is 1.62. The highest BCUT2D eigenvalue weighted by atomic mass is 32.2. The minimum Gasteiger partial charge on any atom is -0.481 e. The van der Waals surface area contributed by atoms with Gasteiger partial charge in [0.15, 0.2) is 0 Å². The van der Waals surface area contributed by atoms with Gasteiger partial charge in [-0.3, -0.25) is 4.18 Å². The molecule has 0 N–H and O–H groups in total. The average molecular weight is 259 g/mol. The van der Waals surface area contributed by atoms with Crippen molar-refractivity contribution in [2.45, 2.75) is 26.4 Å². The van der Waals surface area contributed by atoms with Crippen LogP contribution in [0.4, 0.5) is 0 Å². The number of aryl methyl sites for hydroxylation is 1. The van der Waals surface area contributed by atoms with Gasteiger partial charge in [0.25, 0.3) is 10.1 Å². The van der Waals surface area contributed by atoms with Crippen LogP contribution in [0.2, 0.25) is 0 Å². The molecule has 0 atom stereocenters. The van der Waals surface area contributed by atoms with E-state index in [1.807, 2.05) is 13.0 Å². The molecule has 0 unspecified atom stereocenters. The number of hydrogen-bond donors (Lipinski definition) is 0. The van der Waals surface area contributed by atoms with Crippen molar-refractivity contribution in [3.63, 3.8) is 0 Å². The molecule has 1 heterocycles. The molecule has 6 heteroatoms. The summed E-state index contributed by atoms with van der Waals surface area (Å²) in [5.74, 6) is 0.475. The SMILES string of the molecule is CCCc1cc(COS(C)(=O)=O)cc(OC)n1. The lowest BCUT2D eigenvalue weighted by atomic mass is 10.2. The summed E-state index contributed by atoms with van der Waals surface area (Å²) in [6.45, 7) is 2.06. The second-order valence-corrected chi connectivity index (χ2v) is 5.37. The molecule has 96 valence electrons. The number of aromatic nitrogens is 1. The first kappa shape index (κ1) is 13.9. The van der Waals surface area contributed by atoms with E-state index in [-0.39, 0.29) is 6.61 Å². The van der Waals surface area contributed by atoms with Crippen molar-refractivity contribution in [1.82, 2.24) is 4.98 Å². The van der Waals surface area contributed by atoms with Crippen molar-refractivity contribution < 1.29 is 17.3 Å². The normalized spacial score (nSPS) is 11.5. The molecule has 0 bridgehead atoms. The van der Waals surface area contributed by atoms with Gasteiger partial charge in [-0.1, -0.05) is 13.3 Å². The first-order chi connectivity index (χ1) is 7.94. The molecule has 1 aromatic rings. The molecule has 0 amide bonds. The van der Waals surface area contributed by atoms with Gasteiger partial charge in [-0.2, -0.15) is 8.42 Å². The van der Waals surface area contributed by atoms with Gasteiger partial charge in [0.1, 0.15) is 0 Å². The van der Waals surface area contributed by atoms with Crippen LogP contribution in [-0.4, -0.2) is 26.8 Å². The van der Waals surface area contributed by atoms with Crippen molar-refractivity contribution >= 4 is 10.1 Å². The monoisotopic (exact) mass is 259 g/mol. The van der Waals surface area contributed by atoms with Crippen LogP contribution in [0, 0.1) is 0 Å². The molecule has 0 saturated heterocycles. The smallest absolute Gasteiger partial charge is 0.264 e. The standard InChI is InChI=1S/C11H17NO4S/c1-4-5-10-6-9(7-11(12-10)15-2)8-16-17(3,13)14/h6-7H,4-5,8H2,1-3H3. The van der Waals surface area contributed by atoms with Crippen molar-refractivity contribution in [3.05, 3.63) is 23.4 Å². The van der Waals surface area contributed by atoms with Gasteiger partial charge >= 0.3 is 0 Å². The Morgan fingerprint density at radius 1 is 1.35 bits per heavy atom. The Bertz CT molecular complexity index is 470. The summed E-state index contributed by atoms with van der Waals surface area (Å²) in [7, 11) is -1.90. The number of ether oxygens (including phenoxy) is 1. The van der Waals surface area contributed by atoms with Crippen LogP contribution in [0.3, 0.4) is 0 Å². The number of rotatable bonds is 6. The van der Waals surface area contributed by atoms with Gasteiger partial charge in [0, 0.05) is 11.8 Å². The lowest BCUT2D eigenvalue weighted by Gasteiger charge is -2.07. The number of pyridine rings is 1. The topological polar surface area (TPSA) is 65.5 Å². The van der Waals surface area contributed by atoms with Gasteiger partial charge in [-0.25, -0.2) is 4.98 Å². The molecule has 1 aromatic heterocycles. The van der Waals surface area contributed by atoms with E-state index in [9.17, 15) is 8.42 Å². The highest BCUT2D eigenvalue weighted by Gasteiger charge is 2.06. The van der Waals surface area contributed by atoms with Crippen LogP contribution < -0.4 is 4.74 Å². The molecule has 0 aliphatic heterocycles. The maximum absolute atomic E-state index is 10.9. The zero-order valence-corrected chi connectivity index (χ0v) is 11.1. The summed E-state index contributed by atoms with van der Waals surface area (Å²) in [6.07, 6.45) is 2.81. The third kappa shape index (κ3) is 5.14. The lowest BCUT2D eigenvalue weighted by molar-refractivity contribution is 0.310. The molecule has 0 aromatic carbocycles. The van der Waals surface area contributed by atoms with Crippen LogP contribution in [-0.2, 0) is 27.3 Å². The van der Waals surface area contributed by atoms with Crippen molar-refractivity contribution in [2.75, 3.05) is 13.4 Å². The fourth-order valence-corrected chi connectivity index (χ4v) is 1.72. The van der Waals surface area contributed by atoms with Crippen LogP contribution in [0.25, 0.3) is 0 Å². The van der Waals surface area contributed by atoms with Crippen LogP contribution >= 0.6 is 0 Å². The van der Waals surface area contributed by atoms with Crippen molar-refractivity contribution in [1.29, 1.82) is 0 Å². The predicted octanol–water partition coefficient (Wildman–Crippen LogP) is 1.52. The van der Waals surface area contributed by atoms with Crippen LogP contribution in [0.15, 0.2) is 12.1 Å². The summed E-state index contributed by atoms with van der Waals surface area (Å²) in [5, 5.41) is 0. The molecule has 0 aliphatic rings. The van der Waals surface area contributed by atoms with Crippen LogP contribution in [0.5, 0.6) is 5.88 Å². The summed E-state index contributed by atoms with van der Waals surface area (Å²) in [6, 6.07) is 3.50. The Balaban J connectivity index is 2.86. The van der Waals surface area contributed by atoms with E-state index in [2.05, 4.69) is 4.98 Å². The van der Waals surface area contributed by atoms with Crippen molar-refractivity contribution in [3.8, 4) is 5.88 Å². The average Bonchev–Trinajstić information content (AvgIpc) is 2.25. The summed E-state index contributed by atoms with van der Waals surface area (Å²) < 4.78 is 31.6. The minimum atomic E-state index is -3.43. The summed E-state index contributed by atoms with van der Waals surface area (Å²) in [4.78, 5) is 4.26. The largest absolute Gasteiger partial charge is 0.481 e. The predicted molar refractivity (Wildman–Crippen MR) is 64.4 cm³/mol. The zero-order chi connectivity index (χ0) is 12.9. The second-order valence-electron chi connectivity index (χ2n) is 3.73. The highest BCUT2D eigenvalue weighted by molar-refractivity contribution is 7.85. The Morgan fingerprint density at radius 2 is 2.06 bits per heavy atom. The molecule has 0 saturated carbocycles. The maximum Gasteiger partial charge on any atom is 0.264 e. The Labute approximate surface area is 102 Å². The number of methoxy groups -OCH3 is 1. The van der Waals surface area contributed by atoms with E-state index in [0.29, 0.717) is 5.88 Å². The third-order valence-electron chi connectivity index (χ3n) is 2.07. The van der Waals surface area contributed by atoms with Gasteiger partial charge in [0.05, 0.1) is 20.0 Å². The zero-order valence-electron chi connectivity index (χ0n) is 10.3. The van der Waals surface area contributed by atoms with E-state index in [4.69, 9.17) is 8.92 Å². The van der Waals surface area contributed by atoms with E-state index in [1.54, 1.807) is 6.07 Å². The Kier molecular flexibility index (Phi) is 4.89. The van der Waals surface area contributed by atoms with E-state index in [0.717, 1.165) is 30.4 Å². The van der Waals surface area contributed by atoms with Crippen LogP contribution in [0.1, 0.15) is 24.6 Å². The summed E-state index contributed by atoms with van der Waals surface area (Å²) >= 11 is 0. The molecular weight excluding hydrogens is 242 g/mol. The molecule has 5 nitrogen and oxygen atoms in total. The molecular formula is C11H17NO4S. The fourth-order valence-electron chi connectivity index (χ4n) is 1.37. The highest BCUT2D eigenvalue weighted by Crippen LogP contribution is 2.15. The third-order valence-corrected chi connectivity index (χ3v) is 2.62. The first-order valence-corrected chi connectivity index (χ1v) is 7.14. The van der Waals surface area contributed by atoms with Gasteiger partial charge < -0.3 is 4.74 Å². The molecule has 0 fully saturated rings. The molecule has 0 radical (unpaired) electrons. The maximum atomic E-state index is 10.9. The number of nitrogens with zero attached hydrogens (tertiary/aromatic N) is 1. The van der Waals surface area contributed by atoms with Gasteiger partial charge in [-0.05, 0) is 18.1 Å². The first-order valence-electron chi connectivity index (χ1n) is 5.33. The Hall–Kier alpha value is -1.14. The van der Waals surface area contributed by atoms with Crippen molar-refractivity contribution in [2.24, 2.45) is 0 Å². The Morgan fingerprint density at radius 3 is 2.59 bits per heavy atom. The number of hydrogen-bond acceptors (Lipinski definition) is 5. The minimum absolute atomic E-state index is 0.00836. The fraction of sp³-hybridized carbons (Fsp3) is 0.545. The van der Waals surface area contributed by atoms with E-state index >= 15 is 0 Å². The van der Waals surface area contributed by atoms with E-state index in [1.165, 1.54) is 7.11 Å². The molecule has 17 heavy (non-hydrogen) atoms. The van der Waals surface area contributed by atoms with Gasteiger partial charge in [0.2, 0.25) is 5.88 Å².